The highest BCUT2D eigenvalue weighted by Crippen LogP contribution is 2.16. The minimum absolute atomic E-state index is 0. The van der Waals surface area contributed by atoms with E-state index in [0.29, 0.717) is 17.1 Å². The van der Waals surface area contributed by atoms with Crippen molar-refractivity contribution in [3.05, 3.63) is 23.2 Å². The largest absolute Gasteiger partial charge is 0.465 e. The zero-order valence-corrected chi connectivity index (χ0v) is 12.9. The van der Waals surface area contributed by atoms with Crippen LogP contribution in [-0.2, 0) is 16.1 Å². The van der Waals surface area contributed by atoms with Crippen LogP contribution in [0.2, 0.25) is 0 Å². The maximum absolute atomic E-state index is 11.8. The number of nitrogens with one attached hydrogen (secondary N) is 2. The molecule has 20 heavy (non-hydrogen) atoms. The summed E-state index contributed by atoms with van der Waals surface area (Å²) in [6, 6.07) is 1.44. The SMILES string of the molecule is COC(=O)c1cc(CNC(=O)C2CSCN2)oc1C.Cl. The summed E-state index contributed by atoms with van der Waals surface area (Å²) in [6.07, 6.45) is 0. The summed E-state index contributed by atoms with van der Waals surface area (Å²) >= 11 is 1.69. The molecule has 1 aromatic heterocycles. The highest BCUT2D eigenvalue weighted by molar-refractivity contribution is 7.99. The second-order valence-electron chi connectivity index (χ2n) is 4.16. The van der Waals surface area contributed by atoms with Crippen LogP contribution in [0.1, 0.15) is 21.9 Å². The number of hydrogen-bond acceptors (Lipinski definition) is 6. The first-order chi connectivity index (χ1) is 9.11. The number of ether oxygens (including phenoxy) is 1. The van der Waals surface area contributed by atoms with Crippen molar-refractivity contribution in [1.82, 2.24) is 10.6 Å². The summed E-state index contributed by atoms with van der Waals surface area (Å²) in [5, 5.41) is 5.86. The number of methoxy groups -OCH3 is 1. The monoisotopic (exact) mass is 320 g/mol. The molecule has 1 aliphatic rings. The average Bonchev–Trinajstić information content (AvgIpc) is 3.04. The average molecular weight is 321 g/mol. The lowest BCUT2D eigenvalue weighted by Crippen LogP contribution is -2.41. The van der Waals surface area contributed by atoms with Gasteiger partial charge in [-0.3, -0.25) is 10.1 Å². The molecule has 112 valence electrons. The molecule has 1 amide bonds. The first kappa shape index (κ1) is 16.9. The third kappa shape index (κ3) is 3.91. The predicted octanol–water partition coefficient (Wildman–Crippen LogP) is 1.08. The van der Waals surface area contributed by atoms with Crippen molar-refractivity contribution in [3.8, 4) is 0 Å². The number of carbonyl (C=O) groups excluding carboxylic acids is 2. The Bertz CT molecular complexity index is 486. The first-order valence-electron chi connectivity index (χ1n) is 5.88. The molecule has 0 bridgehead atoms. The third-order valence-electron chi connectivity index (χ3n) is 2.84. The van der Waals surface area contributed by atoms with Crippen molar-refractivity contribution >= 4 is 36.0 Å². The van der Waals surface area contributed by atoms with Crippen molar-refractivity contribution in [2.24, 2.45) is 0 Å². The van der Waals surface area contributed by atoms with Crippen molar-refractivity contribution in [3.63, 3.8) is 0 Å². The van der Waals surface area contributed by atoms with Gasteiger partial charge in [-0.15, -0.1) is 24.2 Å². The zero-order valence-electron chi connectivity index (χ0n) is 11.2. The van der Waals surface area contributed by atoms with Gasteiger partial charge in [0.2, 0.25) is 5.91 Å². The van der Waals surface area contributed by atoms with E-state index >= 15 is 0 Å². The smallest absolute Gasteiger partial charge is 0.341 e. The number of carbonyl (C=O) groups is 2. The maximum Gasteiger partial charge on any atom is 0.341 e. The van der Waals surface area contributed by atoms with Crippen LogP contribution >= 0.6 is 24.2 Å². The minimum atomic E-state index is -0.437. The lowest BCUT2D eigenvalue weighted by Gasteiger charge is -2.08. The van der Waals surface area contributed by atoms with Gasteiger partial charge in [-0.05, 0) is 13.0 Å². The molecule has 2 heterocycles. The van der Waals surface area contributed by atoms with Gasteiger partial charge in [-0.1, -0.05) is 0 Å². The molecule has 1 saturated heterocycles. The summed E-state index contributed by atoms with van der Waals surface area (Å²) in [4.78, 5) is 23.2. The highest BCUT2D eigenvalue weighted by atomic mass is 35.5. The topological polar surface area (TPSA) is 80.6 Å². The van der Waals surface area contributed by atoms with Crippen LogP contribution in [0.15, 0.2) is 10.5 Å². The number of furan rings is 1. The number of halogens is 1. The number of amides is 1. The Hall–Kier alpha value is -1.18. The minimum Gasteiger partial charge on any atom is -0.465 e. The van der Waals surface area contributed by atoms with Crippen LogP contribution in [0.25, 0.3) is 0 Å². The van der Waals surface area contributed by atoms with E-state index in [4.69, 9.17) is 4.42 Å². The molecule has 6 nitrogen and oxygen atoms in total. The molecule has 2 N–H and O–H groups in total. The fraction of sp³-hybridized carbons (Fsp3) is 0.500. The Morgan fingerprint density at radius 1 is 1.60 bits per heavy atom. The number of esters is 1. The standard InChI is InChI=1S/C12H16N2O4S.ClH/c1-7-9(12(16)17-2)3-8(18-7)4-13-11(15)10-5-19-6-14-10;/h3,10,14H,4-6H2,1-2H3,(H,13,15);1H. The van der Waals surface area contributed by atoms with Crippen LogP contribution in [0.4, 0.5) is 0 Å². The van der Waals surface area contributed by atoms with Gasteiger partial charge in [0.05, 0.1) is 19.7 Å². The molecule has 0 radical (unpaired) electrons. The first-order valence-corrected chi connectivity index (χ1v) is 7.03. The Labute approximate surface area is 127 Å². The lowest BCUT2D eigenvalue weighted by atomic mass is 10.2. The molecule has 0 aromatic carbocycles. The summed E-state index contributed by atoms with van der Waals surface area (Å²) in [6.45, 7) is 1.95. The molecule has 1 fully saturated rings. The third-order valence-corrected chi connectivity index (χ3v) is 3.78. The molecular formula is C12H17ClN2O4S. The summed E-state index contributed by atoms with van der Waals surface area (Å²) in [7, 11) is 1.32. The van der Waals surface area contributed by atoms with Gasteiger partial charge in [0.1, 0.15) is 17.1 Å². The number of hydrogen-bond donors (Lipinski definition) is 2. The lowest BCUT2D eigenvalue weighted by molar-refractivity contribution is -0.122. The Morgan fingerprint density at radius 3 is 2.95 bits per heavy atom. The Morgan fingerprint density at radius 2 is 2.35 bits per heavy atom. The van der Waals surface area contributed by atoms with Crippen molar-refractivity contribution in [1.29, 1.82) is 0 Å². The fourth-order valence-corrected chi connectivity index (χ4v) is 2.75. The molecular weight excluding hydrogens is 304 g/mol. The van der Waals surface area contributed by atoms with Gasteiger partial charge in [0.15, 0.2) is 0 Å². The quantitative estimate of drug-likeness (QED) is 0.808. The maximum atomic E-state index is 11.8. The van der Waals surface area contributed by atoms with Gasteiger partial charge >= 0.3 is 5.97 Å². The molecule has 0 spiro atoms. The van der Waals surface area contributed by atoms with E-state index in [0.717, 1.165) is 11.6 Å². The van der Waals surface area contributed by atoms with E-state index in [-0.39, 0.29) is 30.9 Å². The van der Waals surface area contributed by atoms with Crippen molar-refractivity contribution < 1.29 is 18.7 Å². The fourth-order valence-electron chi connectivity index (χ4n) is 1.80. The summed E-state index contributed by atoms with van der Waals surface area (Å²) < 4.78 is 10.0. The van der Waals surface area contributed by atoms with E-state index in [1.807, 2.05) is 0 Å². The predicted molar refractivity (Wildman–Crippen MR) is 78.1 cm³/mol. The number of rotatable bonds is 4. The van der Waals surface area contributed by atoms with Gasteiger partial charge in [-0.25, -0.2) is 4.79 Å². The second kappa shape index (κ2) is 7.56. The van der Waals surface area contributed by atoms with E-state index in [9.17, 15) is 9.59 Å². The zero-order chi connectivity index (χ0) is 13.8. The number of aryl methyl sites for hydroxylation is 1. The van der Waals surface area contributed by atoms with Crippen molar-refractivity contribution in [2.45, 2.75) is 19.5 Å². The molecule has 8 heteroatoms. The summed E-state index contributed by atoms with van der Waals surface area (Å²) in [5.74, 6) is 2.11. The molecule has 0 saturated carbocycles. The van der Waals surface area contributed by atoms with E-state index in [1.54, 1.807) is 24.8 Å². The second-order valence-corrected chi connectivity index (χ2v) is 5.19. The Kier molecular flexibility index (Phi) is 6.38. The summed E-state index contributed by atoms with van der Waals surface area (Å²) in [5.41, 5.74) is 0.390. The highest BCUT2D eigenvalue weighted by Gasteiger charge is 2.22. The molecule has 1 atom stereocenters. The molecule has 0 aliphatic carbocycles. The van der Waals surface area contributed by atoms with Crippen LogP contribution in [0.5, 0.6) is 0 Å². The van der Waals surface area contributed by atoms with Crippen molar-refractivity contribution in [2.75, 3.05) is 18.7 Å². The van der Waals surface area contributed by atoms with Crippen LogP contribution < -0.4 is 10.6 Å². The van der Waals surface area contributed by atoms with Crippen LogP contribution in [0.3, 0.4) is 0 Å². The molecule has 1 unspecified atom stereocenters. The molecule has 1 aromatic rings. The van der Waals surface area contributed by atoms with Gasteiger partial charge in [0.25, 0.3) is 0 Å². The van der Waals surface area contributed by atoms with Crippen LogP contribution in [-0.4, -0.2) is 36.7 Å². The molecule has 1 aliphatic heterocycles. The molecule has 2 rings (SSSR count). The van der Waals surface area contributed by atoms with E-state index in [2.05, 4.69) is 15.4 Å². The van der Waals surface area contributed by atoms with E-state index in [1.165, 1.54) is 7.11 Å². The van der Waals surface area contributed by atoms with Gasteiger partial charge in [0, 0.05) is 11.6 Å². The van der Waals surface area contributed by atoms with Gasteiger partial charge in [-0.2, -0.15) is 0 Å². The van der Waals surface area contributed by atoms with E-state index < -0.39 is 5.97 Å². The normalized spacial score (nSPS) is 17.4. The number of thioether (sulfide) groups is 1. The van der Waals surface area contributed by atoms with Crippen LogP contribution in [0, 0.1) is 6.92 Å². The Balaban J connectivity index is 0.00000200. The van der Waals surface area contributed by atoms with Gasteiger partial charge < -0.3 is 14.5 Å².